The second kappa shape index (κ2) is 6.75. The highest BCUT2D eigenvalue weighted by Crippen LogP contribution is 2.27. The van der Waals surface area contributed by atoms with Gasteiger partial charge in [-0.05, 0) is 24.3 Å². The van der Waals surface area contributed by atoms with Crippen molar-refractivity contribution in [2.75, 3.05) is 5.32 Å². The van der Waals surface area contributed by atoms with Crippen molar-refractivity contribution in [1.29, 1.82) is 0 Å². The fourth-order valence-corrected chi connectivity index (χ4v) is 2.69. The predicted molar refractivity (Wildman–Crippen MR) is 85.3 cm³/mol. The molecule has 9 heteroatoms. The smallest absolute Gasteiger partial charge is 0.387 e. The maximum atomic E-state index is 12.1. The first-order valence-electron chi connectivity index (χ1n) is 6.82. The van der Waals surface area contributed by atoms with Crippen molar-refractivity contribution in [2.45, 2.75) is 6.61 Å². The van der Waals surface area contributed by atoms with E-state index in [2.05, 4.69) is 20.1 Å². The summed E-state index contributed by atoms with van der Waals surface area (Å²) in [6.45, 7) is -2.86. The summed E-state index contributed by atoms with van der Waals surface area (Å²) in [6.07, 6.45) is 3.07. The molecular formula is C15H12F2N4O2S. The second-order valence-electron chi connectivity index (χ2n) is 4.80. The van der Waals surface area contributed by atoms with Gasteiger partial charge < -0.3 is 4.74 Å². The van der Waals surface area contributed by atoms with Gasteiger partial charge in [-0.3, -0.25) is 14.8 Å². The number of anilines is 1. The van der Waals surface area contributed by atoms with Crippen LogP contribution in [0.3, 0.4) is 0 Å². The first-order valence-corrected chi connectivity index (χ1v) is 7.70. The van der Waals surface area contributed by atoms with Gasteiger partial charge >= 0.3 is 6.61 Å². The number of benzene rings is 1. The Hall–Kier alpha value is -2.81. The highest BCUT2D eigenvalue weighted by atomic mass is 32.1. The van der Waals surface area contributed by atoms with Crippen LogP contribution in [-0.4, -0.2) is 27.3 Å². The molecule has 1 aromatic carbocycles. The molecule has 2 aromatic heterocycles. The lowest BCUT2D eigenvalue weighted by molar-refractivity contribution is -0.0498. The Morgan fingerprint density at radius 1 is 1.33 bits per heavy atom. The van der Waals surface area contributed by atoms with Gasteiger partial charge in [0.05, 0.1) is 17.5 Å². The number of carbonyl (C=O) groups excluding carboxylic acids is 1. The summed E-state index contributed by atoms with van der Waals surface area (Å²) in [4.78, 5) is 16.3. The lowest BCUT2D eigenvalue weighted by Gasteiger charge is -2.04. The van der Waals surface area contributed by atoms with Crippen LogP contribution < -0.4 is 10.1 Å². The highest BCUT2D eigenvalue weighted by molar-refractivity contribution is 7.14. The Kier molecular flexibility index (Phi) is 4.52. The third-order valence-electron chi connectivity index (χ3n) is 3.07. The fraction of sp³-hybridized carbons (Fsp3) is 0.133. The van der Waals surface area contributed by atoms with Crippen molar-refractivity contribution in [2.24, 2.45) is 7.05 Å². The van der Waals surface area contributed by atoms with Crippen molar-refractivity contribution in [3.05, 3.63) is 47.6 Å². The summed E-state index contributed by atoms with van der Waals surface area (Å²) in [6, 6.07) is 6.13. The van der Waals surface area contributed by atoms with Crippen LogP contribution in [-0.2, 0) is 7.05 Å². The second-order valence-corrected chi connectivity index (χ2v) is 5.66. The van der Waals surface area contributed by atoms with Gasteiger partial charge in [-0.25, -0.2) is 4.98 Å². The zero-order valence-corrected chi connectivity index (χ0v) is 13.3. The molecule has 2 heterocycles. The zero-order chi connectivity index (χ0) is 17.1. The average Bonchev–Trinajstić information content (AvgIpc) is 3.17. The first-order chi connectivity index (χ1) is 11.5. The van der Waals surface area contributed by atoms with Gasteiger partial charge in [-0.1, -0.05) is 0 Å². The molecule has 24 heavy (non-hydrogen) atoms. The van der Waals surface area contributed by atoms with Gasteiger partial charge in [0.2, 0.25) is 0 Å². The van der Waals surface area contributed by atoms with Gasteiger partial charge in [0.15, 0.2) is 5.13 Å². The number of alkyl halides is 2. The Balaban J connectivity index is 1.70. The van der Waals surface area contributed by atoms with Gasteiger partial charge in [0.25, 0.3) is 5.91 Å². The van der Waals surface area contributed by atoms with Crippen LogP contribution in [0.2, 0.25) is 0 Å². The Morgan fingerprint density at radius 3 is 2.71 bits per heavy atom. The van der Waals surface area contributed by atoms with E-state index >= 15 is 0 Å². The first kappa shape index (κ1) is 16.1. The number of nitrogens with zero attached hydrogens (tertiary/aromatic N) is 3. The van der Waals surface area contributed by atoms with Crippen molar-refractivity contribution < 1.29 is 18.3 Å². The maximum Gasteiger partial charge on any atom is 0.387 e. The molecule has 3 aromatic rings. The van der Waals surface area contributed by atoms with Crippen molar-refractivity contribution >= 4 is 22.4 Å². The number of hydrogen-bond acceptors (Lipinski definition) is 5. The molecule has 0 aliphatic rings. The molecule has 0 atom stereocenters. The van der Waals surface area contributed by atoms with Gasteiger partial charge in [-0.2, -0.15) is 13.9 Å². The summed E-state index contributed by atoms with van der Waals surface area (Å²) < 4.78 is 30.1. The van der Waals surface area contributed by atoms with Crippen molar-refractivity contribution in [3.63, 3.8) is 0 Å². The standard InChI is InChI=1S/C15H12F2N4O2S/c1-21-7-10(6-18-21)13(22)20-15-19-12(8-24-15)9-2-4-11(5-3-9)23-14(16)17/h2-8,14H,1H3,(H,19,20,22). The summed E-state index contributed by atoms with van der Waals surface area (Å²) in [5, 5.41) is 8.83. The Labute approximate surface area is 139 Å². The number of amides is 1. The van der Waals surface area contributed by atoms with Crippen LogP contribution in [0, 0.1) is 0 Å². The van der Waals surface area contributed by atoms with Crippen LogP contribution in [0.25, 0.3) is 11.3 Å². The number of thiazole rings is 1. The minimum Gasteiger partial charge on any atom is -0.435 e. The van der Waals surface area contributed by atoms with Crippen molar-refractivity contribution in [3.8, 4) is 17.0 Å². The molecule has 0 unspecified atom stereocenters. The topological polar surface area (TPSA) is 69.0 Å². The third-order valence-corrected chi connectivity index (χ3v) is 3.82. The summed E-state index contributed by atoms with van der Waals surface area (Å²) in [7, 11) is 1.72. The predicted octanol–water partition coefficient (Wildman–Crippen LogP) is 3.40. The zero-order valence-electron chi connectivity index (χ0n) is 12.4. The van der Waals surface area contributed by atoms with Crippen LogP contribution in [0.5, 0.6) is 5.75 Å². The maximum absolute atomic E-state index is 12.1. The van der Waals surface area contributed by atoms with E-state index in [1.54, 1.807) is 30.8 Å². The summed E-state index contributed by atoms with van der Waals surface area (Å²) >= 11 is 1.27. The molecule has 0 saturated carbocycles. The van der Waals surface area contributed by atoms with E-state index in [9.17, 15) is 13.6 Å². The molecule has 0 radical (unpaired) electrons. The number of halogens is 2. The van der Waals surface area contributed by atoms with Gasteiger partial charge in [-0.15, -0.1) is 11.3 Å². The van der Waals surface area contributed by atoms with E-state index in [0.29, 0.717) is 16.4 Å². The van der Waals surface area contributed by atoms with Crippen LogP contribution in [0.4, 0.5) is 13.9 Å². The number of nitrogens with one attached hydrogen (secondary N) is 1. The van der Waals surface area contributed by atoms with Crippen LogP contribution in [0.15, 0.2) is 42.0 Å². The van der Waals surface area contributed by atoms with E-state index < -0.39 is 6.61 Å². The molecule has 0 aliphatic carbocycles. The molecule has 0 bridgehead atoms. The van der Waals surface area contributed by atoms with E-state index in [1.165, 1.54) is 34.3 Å². The molecule has 1 N–H and O–H groups in total. The third kappa shape index (κ3) is 3.74. The molecule has 0 fully saturated rings. The molecule has 0 saturated heterocycles. The Bertz CT molecular complexity index is 845. The van der Waals surface area contributed by atoms with Crippen molar-refractivity contribution in [1.82, 2.24) is 14.8 Å². The monoisotopic (exact) mass is 350 g/mol. The normalized spacial score (nSPS) is 10.8. The van der Waals surface area contributed by atoms with E-state index in [1.807, 2.05) is 0 Å². The SMILES string of the molecule is Cn1cc(C(=O)Nc2nc(-c3ccc(OC(F)F)cc3)cs2)cn1. The average molecular weight is 350 g/mol. The number of hydrogen-bond donors (Lipinski definition) is 1. The lowest BCUT2D eigenvalue weighted by Crippen LogP contribution is -2.10. The molecule has 0 aliphatic heterocycles. The Morgan fingerprint density at radius 2 is 2.08 bits per heavy atom. The van der Waals surface area contributed by atoms with E-state index in [-0.39, 0.29) is 11.7 Å². The molecule has 1 amide bonds. The largest absolute Gasteiger partial charge is 0.435 e. The highest BCUT2D eigenvalue weighted by Gasteiger charge is 2.12. The fourth-order valence-electron chi connectivity index (χ4n) is 1.98. The van der Waals surface area contributed by atoms with E-state index in [4.69, 9.17) is 0 Å². The number of rotatable bonds is 5. The molecule has 6 nitrogen and oxygen atoms in total. The summed E-state index contributed by atoms with van der Waals surface area (Å²) in [5.74, 6) is -0.223. The van der Waals surface area contributed by atoms with Crippen LogP contribution in [0.1, 0.15) is 10.4 Å². The number of carbonyl (C=O) groups is 1. The number of aromatic nitrogens is 3. The lowest BCUT2D eigenvalue weighted by atomic mass is 10.2. The molecular weight excluding hydrogens is 338 g/mol. The van der Waals surface area contributed by atoms with Gasteiger partial charge in [0, 0.05) is 24.2 Å². The number of ether oxygens (including phenoxy) is 1. The summed E-state index contributed by atoms with van der Waals surface area (Å²) in [5.41, 5.74) is 1.79. The van der Waals surface area contributed by atoms with E-state index in [0.717, 1.165) is 5.56 Å². The molecule has 0 spiro atoms. The molecule has 3 rings (SSSR count). The van der Waals surface area contributed by atoms with Crippen LogP contribution >= 0.6 is 11.3 Å². The molecule has 124 valence electrons. The number of aryl methyl sites for hydroxylation is 1. The quantitative estimate of drug-likeness (QED) is 0.766. The minimum absolute atomic E-state index is 0.0779. The minimum atomic E-state index is -2.86. The van der Waals surface area contributed by atoms with Gasteiger partial charge in [0.1, 0.15) is 5.75 Å².